The Kier molecular flexibility index (Phi) is 6.03. The van der Waals surface area contributed by atoms with E-state index in [1.54, 1.807) is 30.5 Å². The molecule has 0 atom stereocenters. The SMILES string of the molecule is Cc1cccc(C(C)C)c1NC(=O)COC(=O)c1cc(-c2ccco2)nc2ccccc12. The highest BCUT2D eigenvalue weighted by Gasteiger charge is 2.18. The quantitative estimate of drug-likeness (QED) is 0.397. The van der Waals surface area contributed by atoms with Gasteiger partial charge in [0.1, 0.15) is 5.69 Å². The summed E-state index contributed by atoms with van der Waals surface area (Å²) in [6.45, 7) is 5.68. The molecule has 0 unspecified atom stereocenters. The molecule has 0 fully saturated rings. The first-order valence-electron chi connectivity index (χ1n) is 10.4. The summed E-state index contributed by atoms with van der Waals surface area (Å²) in [6.07, 6.45) is 1.55. The van der Waals surface area contributed by atoms with Crippen molar-refractivity contribution in [2.45, 2.75) is 26.7 Å². The number of aryl methyl sites for hydroxylation is 1. The second-order valence-electron chi connectivity index (χ2n) is 7.87. The number of furan rings is 1. The third kappa shape index (κ3) is 4.39. The third-order valence-corrected chi connectivity index (χ3v) is 5.24. The Hall–Kier alpha value is -3.93. The van der Waals surface area contributed by atoms with E-state index in [1.807, 2.05) is 43.3 Å². The summed E-state index contributed by atoms with van der Waals surface area (Å²) in [4.78, 5) is 30.1. The van der Waals surface area contributed by atoms with Gasteiger partial charge in [-0.2, -0.15) is 0 Å². The number of hydrogen-bond donors (Lipinski definition) is 1. The van der Waals surface area contributed by atoms with Crippen LogP contribution in [0.2, 0.25) is 0 Å². The Labute approximate surface area is 186 Å². The third-order valence-electron chi connectivity index (χ3n) is 5.24. The number of ether oxygens (including phenoxy) is 1. The lowest BCUT2D eigenvalue weighted by Gasteiger charge is -2.16. The average molecular weight is 428 g/mol. The van der Waals surface area contributed by atoms with Crippen molar-refractivity contribution in [1.29, 1.82) is 0 Å². The Morgan fingerprint density at radius 2 is 1.88 bits per heavy atom. The van der Waals surface area contributed by atoms with Gasteiger partial charge < -0.3 is 14.5 Å². The van der Waals surface area contributed by atoms with Crippen LogP contribution in [0, 0.1) is 6.92 Å². The van der Waals surface area contributed by atoms with Gasteiger partial charge in [-0.15, -0.1) is 0 Å². The minimum atomic E-state index is -0.597. The van der Waals surface area contributed by atoms with E-state index in [4.69, 9.17) is 9.15 Å². The topological polar surface area (TPSA) is 81.4 Å². The molecule has 0 aliphatic heterocycles. The van der Waals surface area contributed by atoms with Gasteiger partial charge >= 0.3 is 5.97 Å². The Bertz CT molecular complexity index is 1280. The van der Waals surface area contributed by atoms with E-state index in [-0.39, 0.29) is 11.8 Å². The van der Waals surface area contributed by atoms with Gasteiger partial charge in [0, 0.05) is 11.1 Å². The summed E-state index contributed by atoms with van der Waals surface area (Å²) in [5.74, 6) is -0.195. The van der Waals surface area contributed by atoms with E-state index < -0.39 is 12.6 Å². The number of para-hydroxylation sites is 2. The van der Waals surface area contributed by atoms with Crippen LogP contribution in [-0.2, 0) is 9.53 Å². The minimum Gasteiger partial charge on any atom is -0.463 e. The standard InChI is InChI=1S/C26H24N2O4/c1-16(2)18-10-6-8-17(3)25(18)28-24(29)15-32-26(30)20-14-22(23-12-7-13-31-23)27-21-11-5-4-9-19(20)21/h4-14,16H,15H2,1-3H3,(H,28,29). The van der Waals surface area contributed by atoms with Crippen LogP contribution in [0.3, 0.4) is 0 Å². The highest BCUT2D eigenvalue weighted by Crippen LogP contribution is 2.28. The second-order valence-corrected chi connectivity index (χ2v) is 7.87. The molecule has 0 spiro atoms. The molecule has 0 aliphatic rings. The molecule has 2 heterocycles. The van der Waals surface area contributed by atoms with Gasteiger partial charge in [-0.1, -0.05) is 50.2 Å². The van der Waals surface area contributed by atoms with Crippen LogP contribution in [0.25, 0.3) is 22.4 Å². The lowest BCUT2D eigenvalue weighted by molar-refractivity contribution is -0.119. The van der Waals surface area contributed by atoms with Crippen molar-refractivity contribution in [3.63, 3.8) is 0 Å². The average Bonchev–Trinajstić information content (AvgIpc) is 3.33. The molecule has 4 aromatic rings. The lowest BCUT2D eigenvalue weighted by atomic mass is 9.98. The van der Waals surface area contributed by atoms with Crippen LogP contribution >= 0.6 is 0 Å². The molecule has 0 saturated carbocycles. The van der Waals surface area contributed by atoms with Crippen molar-refractivity contribution in [3.8, 4) is 11.5 Å². The fourth-order valence-corrected chi connectivity index (χ4v) is 3.62. The molecule has 32 heavy (non-hydrogen) atoms. The first-order chi connectivity index (χ1) is 15.4. The van der Waals surface area contributed by atoms with Gasteiger partial charge in [-0.05, 0) is 48.2 Å². The molecule has 0 saturated heterocycles. The highest BCUT2D eigenvalue weighted by atomic mass is 16.5. The zero-order valence-corrected chi connectivity index (χ0v) is 18.2. The van der Waals surface area contributed by atoms with Crippen LogP contribution < -0.4 is 5.32 Å². The number of carbonyl (C=O) groups excluding carboxylic acids is 2. The van der Waals surface area contributed by atoms with E-state index in [1.165, 1.54) is 0 Å². The van der Waals surface area contributed by atoms with Crippen molar-refractivity contribution in [2.75, 3.05) is 11.9 Å². The molecule has 1 N–H and O–H groups in total. The van der Waals surface area contributed by atoms with E-state index in [0.29, 0.717) is 27.9 Å². The summed E-state index contributed by atoms with van der Waals surface area (Å²) in [5.41, 5.74) is 4.24. The molecular weight excluding hydrogens is 404 g/mol. The van der Waals surface area contributed by atoms with Crippen LogP contribution in [-0.4, -0.2) is 23.5 Å². The number of hydrogen-bond acceptors (Lipinski definition) is 5. The molecule has 2 aromatic heterocycles. The van der Waals surface area contributed by atoms with Crippen molar-refractivity contribution < 1.29 is 18.7 Å². The van der Waals surface area contributed by atoms with E-state index >= 15 is 0 Å². The Balaban J connectivity index is 1.54. The fraction of sp³-hybridized carbons (Fsp3) is 0.192. The van der Waals surface area contributed by atoms with Crippen molar-refractivity contribution in [2.24, 2.45) is 0 Å². The van der Waals surface area contributed by atoms with Gasteiger partial charge in [0.2, 0.25) is 0 Å². The predicted molar refractivity (Wildman–Crippen MR) is 124 cm³/mol. The zero-order chi connectivity index (χ0) is 22.7. The number of rotatable bonds is 6. The molecule has 6 nitrogen and oxygen atoms in total. The van der Waals surface area contributed by atoms with Crippen LogP contribution in [0.15, 0.2) is 71.3 Å². The molecule has 0 aliphatic carbocycles. The first kappa shape index (κ1) is 21.3. The second kappa shape index (κ2) is 9.06. The van der Waals surface area contributed by atoms with E-state index in [2.05, 4.69) is 24.1 Å². The molecule has 162 valence electrons. The number of nitrogens with one attached hydrogen (secondary N) is 1. The van der Waals surface area contributed by atoms with E-state index in [9.17, 15) is 9.59 Å². The number of esters is 1. The molecule has 0 bridgehead atoms. The molecule has 4 rings (SSSR count). The number of carbonyl (C=O) groups is 2. The highest BCUT2D eigenvalue weighted by molar-refractivity contribution is 6.05. The van der Waals surface area contributed by atoms with Crippen molar-refractivity contribution in [3.05, 3.63) is 83.6 Å². The lowest BCUT2D eigenvalue weighted by Crippen LogP contribution is -2.22. The van der Waals surface area contributed by atoms with Crippen LogP contribution in [0.1, 0.15) is 41.3 Å². The molecular formula is C26H24N2O4. The van der Waals surface area contributed by atoms with Gasteiger partial charge in [0.15, 0.2) is 12.4 Å². The summed E-state index contributed by atoms with van der Waals surface area (Å²) < 4.78 is 10.8. The monoisotopic (exact) mass is 428 g/mol. The number of anilines is 1. The number of nitrogens with zero attached hydrogens (tertiary/aromatic N) is 1. The predicted octanol–water partition coefficient (Wildman–Crippen LogP) is 5.72. The van der Waals surface area contributed by atoms with Crippen molar-refractivity contribution >= 4 is 28.5 Å². The normalized spacial score (nSPS) is 11.0. The van der Waals surface area contributed by atoms with Crippen LogP contribution in [0.5, 0.6) is 0 Å². The minimum absolute atomic E-state index is 0.246. The molecule has 2 aromatic carbocycles. The summed E-state index contributed by atoms with van der Waals surface area (Å²) in [6, 6.07) is 18.3. The van der Waals surface area contributed by atoms with Crippen molar-refractivity contribution in [1.82, 2.24) is 4.98 Å². The Morgan fingerprint density at radius 3 is 2.62 bits per heavy atom. The number of amides is 1. The number of benzene rings is 2. The maximum absolute atomic E-state index is 12.9. The maximum Gasteiger partial charge on any atom is 0.339 e. The summed E-state index contributed by atoms with van der Waals surface area (Å²) >= 11 is 0. The van der Waals surface area contributed by atoms with Gasteiger partial charge in [-0.25, -0.2) is 9.78 Å². The van der Waals surface area contributed by atoms with Gasteiger partial charge in [0.05, 0.1) is 17.3 Å². The number of fused-ring (bicyclic) bond motifs is 1. The molecule has 6 heteroatoms. The molecule has 0 radical (unpaired) electrons. The maximum atomic E-state index is 12.9. The fourth-order valence-electron chi connectivity index (χ4n) is 3.62. The number of pyridine rings is 1. The van der Waals surface area contributed by atoms with Gasteiger partial charge in [0.25, 0.3) is 5.91 Å². The molecule has 1 amide bonds. The van der Waals surface area contributed by atoms with Gasteiger partial charge in [-0.3, -0.25) is 4.79 Å². The largest absolute Gasteiger partial charge is 0.463 e. The summed E-state index contributed by atoms with van der Waals surface area (Å²) in [7, 11) is 0. The first-order valence-corrected chi connectivity index (χ1v) is 10.4. The Morgan fingerprint density at radius 1 is 1.06 bits per heavy atom. The van der Waals surface area contributed by atoms with E-state index in [0.717, 1.165) is 16.8 Å². The smallest absolute Gasteiger partial charge is 0.339 e. The van der Waals surface area contributed by atoms with Crippen LogP contribution in [0.4, 0.5) is 5.69 Å². The zero-order valence-electron chi connectivity index (χ0n) is 18.2. The number of aromatic nitrogens is 1. The summed E-state index contributed by atoms with van der Waals surface area (Å²) in [5, 5.41) is 3.54.